The van der Waals surface area contributed by atoms with Gasteiger partial charge in [-0.25, -0.2) is 0 Å². The van der Waals surface area contributed by atoms with E-state index < -0.39 is 5.56 Å². The highest BCUT2D eigenvalue weighted by molar-refractivity contribution is 6.32. The van der Waals surface area contributed by atoms with Crippen LogP contribution in [0.4, 0.5) is 0 Å². The van der Waals surface area contributed by atoms with E-state index in [0.29, 0.717) is 16.9 Å². The van der Waals surface area contributed by atoms with Gasteiger partial charge in [-0.2, -0.15) is 0 Å². The topological polar surface area (TPSA) is 42.2 Å². The molecule has 0 fully saturated rings. The number of hydrogen-bond donors (Lipinski definition) is 1. The molecule has 0 aliphatic carbocycles. The fraction of sp³-hybridized carbons (Fsp3) is 0.0556. The Balaban J connectivity index is 2.45. The second kappa shape index (κ2) is 5.70. The summed E-state index contributed by atoms with van der Waals surface area (Å²) in [5.74, 6) is -0.169. The molecule has 2 aromatic carbocycles. The molecule has 3 aromatic rings. The largest absolute Gasteiger partial charge is 0.506 e. The lowest BCUT2D eigenvalue weighted by Gasteiger charge is -2.17. The summed E-state index contributed by atoms with van der Waals surface area (Å²) in [5, 5.41) is 9.99. The van der Waals surface area contributed by atoms with Crippen molar-refractivity contribution in [3.8, 4) is 22.7 Å². The van der Waals surface area contributed by atoms with Crippen LogP contribution in [-0.2, 0) is 0 Å². The van der Waals surface area contributed by atoms with E-state index in [1.54, 1.807) is 6.92 Å². The van der Waals surface area contributed by atoms with Gasteiger partial charge in [0.2, 0.25) is 0 Å². The number of para-hydroxylation sites is 1. The molecule has 0 unspecified atom stereocenters. The van der Waals surface area contributed by atoms with Crippen LogP contribution < -0.4 is 5.56 Å². The van der Waals surface area contributed by atoms with Gasteiger partial charge in [-0.05, 0) is 24.6 Å². The quantitative estimate of drug-likeness (QED) is 0.771. The van der Waals surface area contributed by atoms with Crippen LogP contribution >= 0.6 is 11.6 Å². The van der Waals surface area contributed by atoms with Gasteiger partial charge in [0.05, 0.1) is 5.69 Å². The van der Waals surface area contributed by atoms with E-state index in [0.717, 1.165) is 5.56 Å². The van der Waals surface area contributed by atoms with E-state index in [4.69, 9.17) is 11.6 Å². The first-order valence-corrected chi connectivity index (χ1v) is 7.24. The lowest BCUT2D eigenvalue weighted by Crippen LogP contribution is -2.21. The summed E-state index contributed by atoms with van der Waals surface area (Å²) in [6.45, 7) is 1.75. The summed E-state index contributed by atoms with van der Waals surface area (Å²) in [5.41, 5.74) is 2.32. The maximum atomic E-state index is 12.6. The normalized spacial score (nSPS) is 10.6. The Kier molecular flexibility index (Phi) is 3.73. The fourth-order valence-corrected chi connectivity index (χ4v) is 2.74. The Labute approximate surface area is 133 Å². The molecule has 4 heteroatoms. The summed E-state index contributed by atoms with van der Waals surface area (Å²) < 4.78 is 1.53. The molecule has 0 aliphatic rings. The molecule has 1 heterocycles. The highest BCUT2D eigenvalue weighted by Gasteiger charge is 2.19. The molecule has 0 bridgehead atoms. The maximum absolute atomic E-state index is 12.6. The van der Waals surface area contributed by atoms with Crippen molar-refractivity contribution in [2.45, 2.75) is 6.92 Å². The van der Waals surface area contributed by atoms with Crippen molar-refractivity contribution >= 4 is 11.6 Å². The Morgan fingerprint density at radius 3 is 2.09 bits per heavy atom. The third kappa shape index (κ3) is 2.30. The van der Waals surface area contributed by atoms with Gasteiger partial charge in [-0.15, -0.1) is 0 Å². The van der Waals surface area contributed by atoms with Gasteiger partial charge in [-0.3, -0.25) is 9.36 Å². The lowest BCUT2D eigenvalue weighted by atomic mass is 10.0. The molecule has 110 valence electrons. The van der Waals surface area contributed by atoms with Gasteiger partial charge in [-0.1, -0.05) is 60.1 Å². The number of aromatic nitrogens is 1. The van der Waals surface area contributed by atoms with E-state index in [-0.39, 0.29) is 10.8 Å². The van der Waals surface area contributed by atoms with E-state index in [9.17, 15) is 9.90 Å². The third-order valence-corrected chi connectivity index (χ3v) is 3.94. The van der Waals surface area contributed by atoms with Crippen LogP contribution in [0.15, 0.2) is 65.5 Å². The maximum Gasteiger partial charge on any atom is 0.278 e. The summed E-state index contributed by atoms with van der Waals surface area (Å²) in [6.07, 6.45) is 0. The first-order chi connectivity index (χ1) is 10.6. The molecule has 0 spiro atoms. The zero-order valence-corrected chi connectivity index (χ0v) is 12.7. The molecular formula is C18H14ClNO2. The zero-order chi connectivity index (χ0) is 15.7. The molecule has 0 saturated heterocycles. The molecule has 0 amide bonds. The number of benzene rings is 2. The highest BCUT2D eigenvalue weighted by Crippen LogP contribution is 2.33. The molecule has 1 aromatic heterocycles. The van der Waals surface area contributed by atoms with Crippen molar-refractivity contribution in [3.63, 3.8) is 0 Å². The van der Waals surface area contributed by atoms with Gasteiger partial charge >= 0.3 is 0 Å². The Morgan fingerprint density at radius 2 is 1.50 bits per heavy atom. The minimum absolute atomic E-state index is 0.166. The number of hydrogen-bond acceptors (Lipinski definition) is 2. The third-order valence-electron chi connectivity index (χ3n) is 3.59. The Morgan fingerprint density at radius 1 is 0.955 bits per heavy atom. The average molecular weight is 312 g/mol. The van der Waals surface area contributed by atoms with Crippen molar-refractivity contribution in [3.05, 3.63) is 81.6 Å². The predicted molar refractivity (Wildman–Crippen MR) is 88.9 cm³/mol. The molecule has 0 aliphatic heterocycles. The second-order valence-corrected chi connectivity index (χ2v) is 5.36. The van der Waals surface area contributed by atoms with E-state index in [1.165, 1.54) is 4.57 Å². The van der Waals surface area contributed by atoms with E-state index in [1.807, 2.05) is 60.7 Å². The molecule has 0 saturated carbocycles. The van der Waals surface area contributed by atoms with Crippen molar-refractivity contribution in [2.24, 2.45) is 0 Å². The zero-order valence-electron chi connectivity index (χ0n) is 12.0. The van der Waals surface area contributed by atoms with Crippen molar-refractivity contribution < 1.29 is 5.11 Å². The smallest absolute Gasteiger partial charge is 0.278 e. The second-order valence-electron chi connectivity index (χ2n) is 4.98. The van der Waals surface area contributed by atoms with Crippen LogP contribution in [0.2, 0.25) is 5.02 Å². The summed E-state index contributed by atoms with van der Waals surface area (Å²) in [6, 6.07) is 18.7. The average Bonchev–Trinajstić information content (AvgIpc) is 2.57. The first-order valence-electron chi connectivity index (χ1n) is 6.86. The van der Waals surface area contributed by atoms with Gasteiger partial charge in [0.1, 0.15) is 10.8 Å². The SMILES string of the molecule is Cc1c(O)c(Cl)c(=O)n(-c2ccccc2)c1-c1ccccc1. The van der Waals surface area contributed by atoms with Gasteiger partial charge in [0.15, 0.2) is 0 Å². The number of aromatic hydroxyl groups is 1. The Hall–Kier alpha value is -2.52. The first kappa shape index (κ1) is 14.4. The number of rotatable bonds is 2. The summed E-state index contributed by atoms with van der Waals surface area (Å²) >= 11 is 6.01. The molecule has 0 radical (unpaired) electrons. The number of halogens is 1. The van der Waals surface area contributed by atoms with Crippen LogP contribution in [0.25, 0.3) is 16.9 Å². The minimum Gasteiger partial charge on any atom is -0.506 e. The van der Waals surface area contributed by atoms with Crippen LogP contribution in [0.5, 0.6) is 5.75 Å². The van der Waals surface area contributed by atoms with Crippen molar-refractivity contribution in [2.75, 3.05) is 0 Å². The van der Waals surface area contributed by atoms with Crippen LogP contribution in [0.1, 0.15) is 5.56 Å². The molecule has 3 rings (SSSR count). The number of nitrogens with zero attached hydrogens (tertiary/aromatic N) is 1. The van der Waals surface area contributed by atoms with Crippen molar-refractivity contribution in [1.82, 2.24) is 4.57 Å². The summed E-state index contributed by atoms with van der Waals surface area (Å²) in [4.78, 5) is 12.6. The number of pyridine rings is 1. The lowest BCUT2D eigenvalue weighted by molar-refractivity contribution is 0.469. The monoisotopic (exact) mass is 311 g/mol. The van der Waals surface area contributed by atoms with Crippen LogP contribution in [-0.4, -0.2) is 9.67 Å². The van der Waals surface area contributed by atoms with Gasteiger partial charge in [0.25, 0.3) is 5.56 Å². The van der Waals surface area contributed by atoms with Crippen LogP contribution in [0, 0.1) is 6.92 Å². The minimum atomic E-state index is -0.435. The fourth-order valence-electron chi connectivity index (χ4n) is 2.51. The van der Waals surface area contributed by atoms with E-state index >= 15 is 0 Å². The van der Waals surface area contributed by atoms with Crippen molar-refractivity contribution in [1.29, 1.82) is 0 Å². The summed E-state index contributed by atoms with van der Waals surface area (Å²) in [7, 11) is 0. The molecular weight excluding hydrogens is 298 g/mol. The van der Waals surface area contributed by atoms with E-state index in [2.05, 4.69) is 0 Å². The molecule has 0 atom stereocenters. The van der Waals surface area contributed by atoms with Gasteiger partial charge < -0.3 is 5.11 Å². The molecule has 22 heavy (non-hydrogen) atoms. The standard InChI is InChI=1S/C18H14ClNO2/c1-12-16(13-8-4-2-5-9-13)20(14-10-6-3-7-11-14)18(22)15(19)17(12)21/h2-11,21H,1H3. The molecule has 1 N–H and O–H groups in total. The van der Waals surface area contributed by atoms with Gasteiger partial charge in [0, 0.05) is 11.3 Å². The Bertz CT molecular complexity index is 871. The van der Waals surface area contributed by atoms with Crippen LogP contribution in [0.3, 0.4) is 0 Å². The molecule has 3 nitrogen and oxygen atoms in total. The highest BCUT2D eigenvalue weighted by atomic mass is 35.5. The predicted octanol–water partition coefficient (Wildman–Crippen LogP) is 4.17.